The number of hydrogen-bond donors (Lipinski definition) is 5. The quantitative estimate of drug-likeness (QED) is 0.0540. The molecule has 3 fully saturated rings. The van der Waals surface area contributed by atoms with E-state index < -0.39 is 117 Å². The molecule has 21 heteroatoms. The molecular weight excluding hydrogens is 967 g/mol. The number of fused-ring (bicyclic) bond motifs is 3. The minimum Gasteiger partial charge on any atom is -0.502 e. The van der Waals surface area contributed by atoms with E-state index in [1.54, 1.807) is 26.0 Å². The van der Waals surface area contributed by atoms with Crippen LogP contribution in [0.2, 0.25) is 0 Å². The van der Waals surface area contributed by atoms with Crippen molar-refractivity contribution in [1.29, 1.82) is 0 Å². The van der Waals surface area contributed by atoms with Crippen LogP contribution in [0, 0.1) is 27.9 Å². The first kappa shape index (κ1) is 57.1. The monoisotopic (exact) mass is 1040 g/mol. The summed E-state index contributed by atoms with van der Waals surface area (Å²) in [6.45, 7) is 16.6. The highest BCUT2D eigenvalue weighted by Gasteiger charge is 2.48. The zero-order valence-corrected chi connectivity index (χ0v) is 44.7. The first-order valence-electron chi connectivity index (χ1n) is 25.7. The first-order chi connectivity index (χ1) is 35.3. The Balaban J connectivity index is 1.51. The number of ether oxygens (including phenoxy) is 1. The van der Waals surface area contributed by atoms with Crippen molar-refractivity contribution in [2.45, 2.75) is 155 Å². The highest BCUT2D eigenvalue weighted by Crippen LogP contribution is 2.37. The van der Waals surface area contributed by atoms with Crippen LogP contribution in [0.4, 0.5) is 5.69 Å². The van der Waals surface area contributed by atoms with Gasteiger partial charge in [-0.2, -0.15) is 0 Å². The molecule has 406 valence electrons. The lowest BCUT2D eigenvalue weighted by Crippen LogP contribution is -2.65. The summed E-state index contributed by atoms with van der Waals surface area (Å²) in [4.78, 5) is 132. The predicted octanol–water partition coefficient (Wildman–Crippen LogP) is 3.62. The van der Waals surface area contributed by atoms with Gasteiger partial charge >= 0.3 is 5.69 Å². The number of phenols is 1. The third-order valence-electron chi connectivity index (χ3n) is 14.5. The largest absolute Gasteiger partial charge is 0.502 e. The molecule has 3 aromatic rings. The van der Waals surface area contributed by atoms with Crippen LogP contribution in [0.1, 0.15) is 99.1 Å². The van der Waals surface area contributed by atoms with Crippen molar-refractivity contribution < 1.29 is 53.1 Å². The number of allylic oxidation sites excluding steroid dienone is 1. The van der Waals surface area contributed by atoms with Crippen LogP contribution in [0.3, 0.4) is 0 Å². The maximum atomic E-state index is 15.4. The molecule has 8 amide bonds. The van der Waals surface area contributed by atoms with Crippen molar-refractivity contribution in [2.24, 2.45) is 17.8 Å². The SMILES string of the molecule is C/C=C/C[C@@H]1NC(=O)[C@H](CC(C)C)N2C(=O)C(C)C[C@@H](C2=O)N(C)C(=O)[C@H](C)NC(=O)[C@H](Cc2ccc(O)c([N+](=O)[O-])c2)NC(=O)[C@H](CC(C)C)N(C)C(=O)[C@H](Cc2cn(C(C)(C)C3CO3)c3ccccc23)NC1=O. The molecule has 3 saturated heterocycles. The maximum Gasteiger partial charge on any atom is 0.310 e. The molecule has 2 aromatic carbocycles. The third-order valence-corrected chi connectivity index (χ3v) is 14.5. The Labute approximate surface area is 437 Å². The van der Waals surface area contributed by atoms with Gasteiger partial charge in [0.15, 0.2) is 5.75 Å². The number of aromatic hydroxyl groups is 1. The van der Waals surface area contributed by atoms with Crippen LogP contribution in [0.5, 0.6) is 5.75 Å². The Kier molecular flexibility index (Phi) is 18.0. The lowest BCUT2D eigenvalue weighted by Gasteiger charge is -2.42. The second-order valence-corrected chi connectivity index (χ2v) is 21.6. The van der Waals surface area contributed by atoms with Crippen molar-refractivity contribution in [3.63, 3.8) is 0 Å². The van der Waals surface area contributed by atoms with Gasteiger partial charge in [-0.05, 0) is 88.5 Å². The number of para-hydroxylation sites is 1. The number of carbonyl (C=O) groups is 8. The summed E-state index contributed by atoms with van der Waals surface area (Å²) in [6.07, 6.45) is 4.58. The summed E-state index contributed by atoms with van der Waals surface area (Å²) in [7, 11) is 2.75. The van der Waals surface area contributed by atoms with Crippen LogP contribution >= 0.6 is 0 Å². The third kappa shape index (κ3) is 12.9. The fourth-order valence-corrected chi connectivity index (χ4v) is 10.1. The summed E-state index contributed by atoms with van der Waals surface area (Å²) in [5.41, 5.74) is 0.498. The molecule has 0 radical (unpaired) electrons. The van der Waals surface area contributed by atoms with Crippen molar-refractivity contribution in [3.8, 4) is 5.75 Å². The van der Waals surface area contributed by atoms with Gasteiger partial charge < -0.3 is 45.5 Å². The van der Waals surface area contributed by atoms with Gasteiger partial charge in [0, 0.05) is 56.0 Å². The molecule has 3 aliphatic rings. The Bertz CT molecular complexity index is 2730. The molecule has 1 aromatic heterocycles. The number of hydrogen-bond acceptors (Lipinski definition) is 12. The van der Waals surface area contributed by atoms with Gasteiger partial charge in [-0.25, -0.2) is 0 Å². The summed E-state index contributed by atoms with van der Waals surface area (Å²) in [5.74, 6) is -8.21. The maximum absolute atomic E-state index is 15.4. The number of carbonyl (C=O) groups excluding carboxylic acids is 8. The lowest BCUT2D eigenvalue weighted by molar-refractivity contribution is -0.385. The number of piperidine rings is 1. The molecule has 21 nitrogen and oxygen atoms in total. The molecule has 4 heterocycles. The minimum atomic E-state index is -1.54. The molecule has 75 heavy (non-hydrogen) atoms. The smallest absolute Gasteiger partial charge is 0.310 e. The van der Waals surface area contributed by atoms with Crippen LogP contribution in [-0.4, -0.2) is 146 Å². The number of amides is 8. The van der Waals surface area contributed by atoms with Gasteiger partial charge in [0.2, 0.25) is 41.4 Å². The molecule has 6 rings (SSSR count). The fraction of sp³-hybridized carbons (Fsp3) is 0.556. The van der Waals surface area contributed by atoms with Gasteiger partial charge in [0.05, 0.1) is 17.1 Å². The van der Waals surface area contributed by atoms with E-state index in [1.165, 1.54) is 32.0 Å². The number of rotatable bonds is 13. The zero-order chi connectivity index (χ0) is 55.4. The number of epoxide rings is 1. The molecule has 3 aliphatic heterocycles. The number of imide groups is 1. The molecule has 2 unspecified atom stereocenters. The molecule has 2 bridgehead atoms. The second kappa shape index (κ2) is 23.6. The highest BCUT2D eigenvalue weighted by molar-refractivity contribution is 6.07. The van der Waals surface area contributed by atoms with Crippen molar-refractivity contribution >= 4 is 63.8 Å². The van der Waals surface area contributed by atoms with Gasteiger partial charge in [-0.3, -0.25) is 53.4 Å². The van der Waals surface area contributed by atoms with E-state index in [2.05, 4.69) is 25.8 Å². The fourth-order valence-electron chi connectivity index (χ4n) is 10.1. The van der Waals surface area contributed by atoms with E-state index >= 15 is 4.79 Å². The number of nitrogens with zero attached hydrogens (tertiary/aromatic N) is 5. The summed E-state index contributed by atoms with van der Waals surface area (Å²) in [6, 6.07) is 1.46. The normalized spacial score (nSPS) is 26.1. The molecule has 0 spiro atoms. The Morgan fingerprint density at radius 3 is 2.00 bits per heavy atom. The Morgan fingerprint density at radius 1 is 0.773 bits per heavy atom. The van der Waals surface area contributed by atoms with Gasteiger partial charge in [-0.15, -0.1) is 0 Å². The summed E-state index contributed by atoms with van der Waals surface area (Å²) < 4.78 is 7.83. The van der Waals surface area contributed by atoms with Gasteiger partial charge in [0.25, 0.3) is 5.91 Å². The molecule has 0 saturated carbocycles. The number of benzene rings is 2. The summed E-state index contributed by atoms with van der Waals surface area (Å²) >= 11 is 0. The van der Waals surface area contributed by atoms with Crippen LogP contribution in [0.25, 0.3) is 10.9 Å². The van der Waals surface area contributed by atoms with E-state index in [9.17, 15) is 48.8 Å². The van der Waals surface area contributed by atoms with Crippen molar-refractivity contribution in [3.05, 3.63) is 82.1 Å². The molecule has 0 aliphatic carbocycles. The Hall–Kier alpha value is -7.16. The van der Waals surface area contributed by atoms with Crippen LogP contribution in [0.15, 0.2) is 60.8 Å². The lowest BCUT2D eigenvalue weighted by atomic mass is 9.89. The molecule has 5 N–H and O–H groups in total. The zero-order valence-electron chi connectivity index (χ0n) is 44.7. The van der Waals surface area contributed by atoms with Gasteiger partial charge in [-0.1, -0.05) is 71.0 Å². The number of phenolic OH excluding ortho intramolecular Hbond substituents is 1. The average molecular weight is 1040 g/mol. The van der Waals surface area contributed by atoms with Gasteiger partial charge in [0.1, 0.15) is 48.4 Å². The standard InChI is InChI=1S/C54H73N9O12/c1-12-13-17-36-46(65)58-38(26-34-27-61(54(8,9)45-28-75-45)39-18-15-14-16-35(34)39)52(71)59(10)41(21-29(2)3)48(67)57-37(24-33-19-20-44(64)40(25-33)63(73)74)47(66)55-32(7)51(70)60(11)43-23-31(6)50(69)62(53(43)72)42(22-30(4)5)49(68)56-36/h12-16,18-20,25,27,29-32,36-38,41-43,45,64H,17,21-24,26,28H2,1-11H3,(H,55,66)(H,56,68)(H,57,67)(H,58,65)/b13-12+/t31?,32-,36-,37-,38-,41-,42-,43-,45?/m0/s1. The number of nitro benzene ring substituents is 1. The number of nitrogens with one attached hydrogen (secondary N) is 4. The summed E-state index contributed by atoms with van der Waals surface area (Å²) in [5, 5.41) is 34.0. The van der Waals surface area contributed by atoms with Crippen LogP contribution < -0.4 is 21.3 Å². The highest BCUT2D eigenvalue weighted by atomic mass is 16.6. The topological polar surface area (TPSA) is 275 Å². The van der Waals surface area contributed by atoms with E-state index in [4.69, 9.17) is 4.74 Å². The first-order valence-corrected chi connectivity index (χ1v) is 25.7. The van der Waals surface area contributed by atoms with E-state index in [0.29, 0.717) is 12.2 Å². The average Bonchev–Trinajstić information content (AvgIpc) is 4.16. The van der Waals surface area contributed by atoms with E-state index in [0.717, 1.165) is 32.8 Å². The van der Waals surface area contributed by atoms with E-state index in [-0.39, 0.29) is 62.0 Å². The number of nitro groups is 1. The van der Waals surface area contributed by atoms with E-state index in [1.807, 2.05) is 72.0 Å². The van der Waals surface area contributed by atoms with Crippen molar-refractivity contribution in [1.82, 2.24) is 40.5 Å². The number of likely N-dealkylation sites (N-methyl/N-ethyl adjacent to an activating group) is 2. The van der Waals surface area contributed by atoms with Crippen LogP contribution in [-0.2, 0) is 61.5 Å². The predicted molar refractivity (Wildman–Crippen MR) is 277 cm³/mol. The Morgan fingerprint density at radius 2 is 1.37 bits per heavy atom. The number of aromatic nitrogens is 1. The van der Waals surface area contributed by atoms with Crippen molar-refractivity contribution in [2.75, 3.05) is 20.7 Å². The second-order valence-electron chi connectivity index (χ2n) is 21.6. The molecule has 9 atom stereocenters. The molecular formula is C54H73N9O12. The minimum absolute atomic E-state index is 0.00705.